The molecule has 1 aromatic carbocycles. The SMILES string of the molecule is CN=C(NCc1ccc(OC)c(C(=O)OC)c1)NC(C)COC.I. The van der Waals surface area contributed by atoms with Crippen LogP contribution in [-0.4, -0.2) is 53.0 Å². The Morgan fingerprint density at radius 2 is 2.00 bits per heavy atom. The standard InChI is InChI=1S/C16H25N3O4.HI/c1-11(10-21-3)19-16(17-2)18-9-12-6-7-14(22-4)13(8-12)15(20)23-5;/h6-8,11H,9-10H2,1-5H3,(H2,17,18,19);1H. The van der Waals surface area contributed by atoms with Gasteiger partial charge in [0.15, 0.2) is 5.96 Å². The second kappa shape index (κ2) is 11.9. The number of ether oxygens (including phenoxy) is 3. The summed E-state index contributed by atoms with van der Waals surface area (Å²) < 4.78 is 15.0. The van der Waals surface area contributed by atoms with Crippen LogP contribution in [-0.2, 0) is 16.0 Å². The Hall–Kier alpha value is -1.55. The number of nitrogens with one attached hydrogen (secondary N) is 2. The van der Waals surface area contributed by atoms with Crippen LogP contribution in [0.25, 0.3) is 0 Å². The molecule has 0 saturated carbocycles. The maximum Gasteiger partial charge on any atom is 0.341 e. The first-order valence-electron chi connectivity index (χ1n) is 7.27. The quantitative estimate of drug-likeness (QED) is 0.285. The zero-order valence-electron chi connectivity index (χ0n) is 14.7. The van der Waals surface area contributed by atoms with Gasteiger partial charge in [0.1, 0.15) is 11.3 Å². The molecule has 0 aliphatic rings. The number of aliphatic imine (C=N–C) groups is 1. The molecule has 0 aliphatic carbocycles. The molecule has 24 heavy (non-hydrogen) atoms. The number of methoxy groups -OCH3 is 3. The van der Waals surface area contributed by atoms with E-state index in [1.54, 1.807) is 26.3 Å². The maximum absolute atomic E-state index is 11.8. The van der Waals surface area contributed by atoms with Crippen LogP contribution in [0.1, 0.15) is 22.8 Å². The van der Waals surface area contributed by atoms with E-state index >= 15 is 0 Å². The van der Waals surface area contributed by atoms with Crippen LogP contribution in [0, 0.1) is 0 Å². The summed E-state index contributed by atoms with van der Waals surface area (Å²) in [6.07, 6.45) is 0. The Balaban J connectivity index is 0.00000529. The van der Waals surface area contributed by atoms with Crippen LogP contribution >= 0.6 is 24.0 Å². The first kappa shape index (κ1) is 22.4. The van der Waals surface area contributed by atoms with E-state index in [1.807, 2.05) is 13.0 Å². The van der Waals surface area contributed by atoms with Crippen molar-refractivity contribution < 1.29 is 19.0 Å². The minimum Gasteiger partial charge on any atom is -0.496 e. The zero-order valence-corrected chi connectivity index (χ0v) is 17.0. The van der Waals surface area contributed by atoms with E-state index in [1.165, 1.54) is 14.2 Å². The van der Waals surface area contributed by atoms with Crippen LogP contribution in [0.2, 0.25) is 0 Å². The monoisotopic (exact) mass is 451 g/mol. The fourth-order valence-corrected chi connectivity index (χ4v) is 2.04. The average molecular weight is 451 g/mol. The normalized spacial score (nSPS) is 12.0. The number of carbonyl (C=O) groups excluding carboxylic acids is 1. The molecular weight excluding hydrogens is 425 g/mol. The summed E-state index contributed by atoms with van der Waals surface area (Å²) in [6.45, 7) is 3.09. The molecular formula is C16H26IN3O4. The summed E-state index contributed by atoms with van der Waals surface area (Å²) >= 11 is 0. The van der Waals surface area contributed by atoms with Crippen molar-refractivity contribution in [2.75, 3.05) is 35.0 Å². The Bertz CT molecular complexity index is 552. The number of hydrogen-bond acceptors (Lipinski definition) is 5. The summed E-state index contributed by atoms with van der Waals surface area (Å²) in [5.41, 5.74) is 1.30. The number of guanidine groups is 1. The number of nitrogens with zero attached hydrogens (tertiary/aromatic N) is 1. The second-order valence-corrected chi connectivity index (χ2v) is 4.95. The molecule has 0 radical (unpaired) electrons. The highest BCUT2D eigenvalue weighted by Crippen LogP contribution is 2.20. The largest absolute Gasteiger partial charge is 0.496 e. The molecule has 1 aromatic rings. The molecule has 1 rings (SSSR count). The van der Waals surface area contributed by atoms with Crippen molar-refractivity contribution in [1.29, 1.82) is 0 Å². The molecule has 0 saturated heterocycles. The van der Waals surface area contributed by atoms with Crippen molar-refractivity contribution in [3.63, 3.8) is 0 Å². The lowest BCUT2D eigenvalue weighted by atomic mass is 10.1. The zero-order chi connectivity index (χ0) is 17.2. The van der Waals surface area contributed by atoms with Crippen molar-refractivity contribution >= 4 is 35.9 Å². The van der Waals surface area contributed by atoms with Gasteiger partial charge < -0.3 is 24.8 Å². The van der Waals surface area contributed by atoms with Gasteiger partial charge in [-0.15, -0.1) is 24.0 Å². The van der Waals surface area contributed by atoms with Gasteiger partial charge in [0.2, 0.25) is 0 Å². The first-order valence-corrected chi connectivity index (χ1v) is 7.27. The van der Waals surface area contributed by atoms with E-state index < -0.39 is 5.97 Å². The smallest absolute Gasteiger partial charge is 0.341 e. The third-order valence-electron chi connectivity index (χ3n) is 3.15. The highest BCUT2D eigenvalue weighted by atomic mass is 127. The molecule has 0 bridgehead atoms. The molecule has 0 aliphatic heterocycles. The van der Waals surface area contributed by atoms with Gasteiger partial charge in [0.05, 0.1) is 20.8 Å². The van der Waals surface area contributed by atoms with Crippen molar-refractivity contribution in [2.45, 2.75) is 19.5 Å². The Morgan fingerprint density at radius 1 is 1.29 bits per heavy atom. The van der Waals surface area contributed by atoms with Crippen LogP contribution in [0.4, 0.5) is 0 Å². The molecule has 0 fully saturated rings. The van der Waals surface area contributed by atoms with Crippen LogP contribution in [0.15, 0.2) is 23.2 Å². The number of rotatable bonds is 7. The minimum absolute atomic E-state index is 0. The van der Waals surface area contributed by atoms with Crippen LogP contribution < -0.4 is 15.4 Å². The van der Waals surface area contributed by atoms with Gasteiger partial charge in [-0.05, 0) is 24.6 Å². The summed E-state index contributed by atoms with van der Waals surface area (Å²) in [5, 5.41) is 6.39. The molecule has 1 unspecified atom stereocenters. The topological polar surface area (TPSA) is 81.2 Å². The fourth-order valence-electron chi connectivity index (χ4n) is 2.04. The third-order valence-corrected chi connectivity index (χ3v) is 3.15. The molecule has 8 heteroatoms. The predicted molar refractivity (Wildman–Crippen MR) is 104 cm³/mol. The summed E-state index contributed by atoms with van der Waals surface area (Å²) in [7, 11) is 6.21. The van der Waals surface area contributed by atoms with E-state index in [0.717, 1.165) is 5.56 Å². The molecule has 2 N–H and O–H groups in total. The highest BCUT2D eigenvalue weighted by Gasteiger charge is 2.13. The van der Waals surface area contributed by atoms with Crippen molar-refractivity contribution in [3.05, 3.63) is 29.3 Å². The maximum atomic E-state index is 11.8. The fraction of sp³-hybridized carbons (Fsp3) is 0.500. The van der Waals surface area contributed by atoms with Crippen LogP contribution in [0.3, 0.4) is 0 Å². The lowest BCUT2D eigenvalue weighted by Gasteiger charge is -2.17. The van der Waals surface area contributed by atoms with Crippen LogP contribution in [0.5, 0.6) is 5.75 Å². The highest BCUT2D eigenvalue weighted by molar-refractivity contribution is 14.0. The molecule has 0 spiro atoms. The summed E-state index contributed by atoms with van der Waals surface area (Å²) in [5.74, 6) is 0.710. The van der Waals surface area contributed by atoms with Gasteiger partial charge in [0.25, 0.3) is 0 Å². The first-order chi connectivity index (χ1) is 11.0. The van der Waals surface area contributed by atoms with Gasteiger partial charge in [-0.25, -0.2) is 4.79 Å². The number of hydrogen-bond donors (Lipinski definition) is 2. The van der Waals surface area contributed by atoms with Gasteiger partial charge in [-0.3, -0.25) is 4.99 Å². The van der Waals surface area contributed by atoms with Crippen molar-refractivity contribution in [1.82, 2.24) is 10.6 Å². The predicted octanol–water partition coefficient (Wildman–Crippen LogP) is 1.80. The molecule has 0 aromatic heterocycles. The number of halogens is 1. The number of esters is 1. The summed E-state index contributed by atoms with van der Waals surface area (Å²) in [6, 6.07) is 5.49. The van der Waals surface area contributed by atoms with Gasteiger partial charge in [-0.1, -0.05) is 6.07 Å². The molecule has 0 heterocycles. The third kappa shape index (κ3) is 6.91. The van der Waals surface area contributed by atoms with Gasteiger partial charge >= 0.3 is 5.97 Å². The lowest BCUT2D eigenvalue weighted by Crippen LogP contribution is -2.43. The average Bonchev–Trinajstić information content (AvgIpc) is 2.57. The molecule has 0 amide bonds. The van der Waals surface area contributed by atoms with Crippen molar-refractivity contribution in [3.8, 4) is 5.75 Å². The van der Waals surface area contributed by atoms with Gasteiger partial charge in [0, 0.05) is 26.7 Å². The Morgan fingerprint density at radius 3 is 2.54 bits per heavy atom. The van der Waals surface area contributed by atoms with Gasteiger partial charge in [-0.2, -0.15) is 0 Å². The van der Waals surface area contributed by atoms with E-state index in [2.05, 4.69) is 15.6 Å². The van der Waals surface area contributed by atoms with Crippen molar-refractivity contribution in [2.24, 2.45) is 4.99 Å². The lowest BCUT2D eigenvalue weighted by molar-refractivity contribution is 0.0597. The molecule has 136 valence electrons. The second-order valence-electron chi connectivity index (χ2n) is 4.95. The number of benzene rings is 1. The molecule has 1 atom stereocenters. The number of carbonyl (C=O) groups is 1. The minimum atomic E-state index is -0.431. The molecule has 7 nitrogen and oxygen atoms in total. The Labute approximate surface area is 160 Å². The summed E-state index contributed by atoms with van der Waals surface area (Å²) in [4.78, 5) is 15.9. The van der Waals surface area contributed by atoms with E-state index in [4.69, 9.17) is 14.2 Å². The van der Waals surface area contributed by atoms with E-state index in [0.29, 0.717) is 30.4 Å². The Kier molecular flexibility index (Phi) is 11.1. The van der Waals surface area contributed by atoms with E-state index in [-0.39, 0.29) is 30.0 Å². The van der Waals surface area contributed by atoms with E-state index in [9.17, 15) is 4.79 Å².